The maximum Gasteiger partial charge on any atom is 0.269 e. The van der Waals surface area contributed by atoms with E-state index in [0.717, 1.165) is 11.1 Å². The van der Waals surface area contributed by atoms with E-state index < -0.39 is 16.7 Å². The fraction of sp³-hybridized carbons (Fsp3) is 0.143. The summed E-state index contributed by atoms with van der Waals surface area (Å²) in [5, 5.41) is 10.7. The summed E-state index contributed by atoms with van der Waals surface area (Å²) < 4.78 is 0.357. The molecule has 3 amide bonds. The van der Waals surface area contributed by atoms with Crippen molar-refractivity contribution in [2.45, 2.75) is 13.3 Å². The van der Waals surface area contributed by atoms with Gasteiger partial charge in [0.2, 0.25) is 5.91 Å². The molecule has 3 rings (SSSR count). The zero-order valence-electron chi connectivity index (χ0n) is 16.9. The summed E-state index contributed by atoms with van der Waals surface area (Å²) >= 11 is 6.43. The number of thiocarbonyl (C=S) groups is 1. The lowest BCUT2D eigenvalue weighted by atomic mass is 10.1. The van der Waals surface area contributed by atoms with Crippen molar-refractivity contribution in [3.63, 3.8) is 0 Å². The summed E-state index contributed by atoms with van der Waals surface area (Å²) in [4.78, 5) is 48.6. The molecule has 1 saturated heterocycles. The first-order chi connectivity index (χ1) is 15.2. The van der Waals surface area contributed by atoms with E-state index in [4.69, 9.17) is 12.2 Å². The molecule has 1 heterocycles. The minimum atomic E-state index is -0.625. The first kappa shape index (κ1) is 23.1. The standard InChI is InChI=1S/C21H18N4O5S2/c1-13-2-4-14(5-3-13)12-17-20(28)24(21(31)32-17)11-10-18(26)22-23-19(27)15-6-8-16(9-7-15)25(29)30/h2-9,12H,10-11H2,1H3,(H,22,26)(H,23,27)/b17-12+. The number of hydrogen-bond acceptors (Lipinski definition) is 7. The quantitative estimate of drug-likeness (QED) is 0.288. The maximum atomic E-state index is 12.6. The van der Waals surface area contributed by atoms with Gasteiger partial charge in [0, 0.05) is 30.7 Å². The molecule has 32 heavy (non-hydrogen) atoms. The van der Waals surface area contributed by atoms with Gasteiger partial charge in [-0.3, -0.25) is 40.2 Å². The van der Waals surface area contributed by atoms with Crippen LogP contribution < -0.4 is 10.9 Å². The van der Waals surface area contributed by atoms with Crippen LogP contribution >= 0.6 is 24.0 Å². The first-order valence-corrected chi connectivity index (χ1v) is 10.6. The SMILES string of the molecule is Cc1ccc(/C=C2/SC(=S)N(CCC(=O)NNC(=O)c3ccc([N+](=O)[O-])cc3)C2=O)cc1. The number of benzene rings is 2. The van der Waals surface area contributed by atoms with Crippen molar-refractivity contribution < 1.29 is 19.3 Å². The summed E-state index contributed by atoms with van der Waals surface area (Å²) in [5.41, 5.74) is 6.47. The predicted octanol–water partition coefficient (Wildman–Crippen LogP) is 2.96. The second-order valence-corrected chi connectivity index (χ2v) is 8.48. The highest BCUT2D eigenvalue weighted by atomic mass is 32.2. The lowest BCUT2D eigenvalue weighted by Crippen LogP contribution is -2.43. The Bertz CT molecular complexity index is 1110. The fourth-order valence-corrected chi connectivity index (χ4v) is 4.02. The molecule has 11 heteroatoms. The molecule has 1 fully saturated rings. The van der Waals surface area contributed by atoms with E-state index in [-0.39, 0.29) is 30.1 Å². The van der Waals surface area contributed by atoms with Crippen LogP contribution in [0.1, 0.15) is 27.9 Å². The van der Waals surface area contributed by atoms with Crippen molar-refractivity contribution in [1.29, 1.82) is 0 Å². The van der Waals surface area contributed by atoms with E-state index in [1.807, 2.05) is 31.2 Å². The van der Waals surface area contributed by atoms with Crippen LogP contribution in [-0.4, -0.2) is 38.4 Å². The predicted molar refractivity (Wildman–Crippen MR) is 124 cm³/mol. The second kappa shape index (κ2) is 10.2. The van der Waals surface area contributed by atoms with E-state index in [1.54, 1.807) is 6.08 Å². The number of amides is 3. The third-order valence-electron chi connectivity index (χ3n) is 4.47. The highest BCUT2D eigenvalue weighted by Gasteiger charge is 2.32. The fourth-order valence-electron chi connectivity index (χ4n) is 2.72. The summed E-state index contributed by atoms with van der Waals surface area (Å²) in [6.45, 7) is 2.04. The molecule has 1 aliphatic rings. The van der Waals surface area contributed by atoms with Crippen LogP contribution in [0.2, 0.25) is 0 Å². The smallest absolute Gasteiger partial charge is 0.269 e. The van der Waals surface area contributed by atoms with Crippen LogP contribution in [0, 0.1) is 17.0 Å². The number of hydrogen-bond donors (Lipinski definition) is 2. The van der Waals surface area contributed by atoms with Crippen LogP contribution in [-0.2, 0) is 9.59 Å². The summed E-state index contributed by atoms with van der Waals surface area (Å²) in [6, 6.07) is 12.6. The number of nitro groups is 1. The van der Waals surface area contributed by atoms with Gasteiger partial charge in [-0.15, -0.1) is 0 Å². The molecule has 0 radical (unpaired) electrons. The molecule has 2 aromatic rings. The number of nitrogens with zero attached hydrogens (tertiary/aromatic N) is 2. The second-order valence-electron chi connectivity index (χ2n) is 6.80. The Morgan fingerprint density at radius 1 is 1.12 bits per heavy atom. The molecule has 0 unspecified atom stereocenters. The van der Waals surface area contributed by atoms with Crippen LogP contribution in [0.5, 0.6) is 0 Å². The zero-order chi connectivity index (χ0) is 23.3. The number of carbonyl (C=O) groups is 3. The van der Waals surface area contributed by atoms with E-state index in [1.165, 1.54) is 40.9 Å². The molecule has 1 aliphatic heterocycles. The van der Waals surface area contributed by atoms with Crippen molar-refractivity contribution in [3.8, 4) is 0 Å². The minimum absolute atomic E-state index is 0.0646. The van der Waals surface area contributed by atoms with Gasteiger partial charge in [-0.2, -0.15) is 0 Å². The molecule has 0 aromatic heterocycles. The number of thioether (sulfide) groups is 1. The summed E-state index contributed by atoms with van der Waals surface area (Å²) in [7, 11) is 0. The number of nitro benzene ring substituents is 1. The monoisotopic (exact) mass is 470 g/mol. The third kappa shape index (κ3) is 5.77. The van der Waals surface area contributed by atoms with Crippen LogP contribution in [0.15, 0.2) is 53.4 Å². The lowest BCUT2D eigenvalue weighted by molar-refractivity contribution is -0.384. The van der Waals surface area contributed by atoms with Crippen molar-refractivity contribution in [1.82, 2.24) is 15.8 Å². The average molecular weight is 471 g/mol. The van der Waals surface area contributed by atoms with Crippen molar-refractivity contribution in [3.05, 3.63) is 80.2 Å². The lowest BCUT2D eigenvalue weighted by Gasteiger charge is -2.14. The van der Waals surface area contributed by atoms with Gasteiger partial charge in [0.25, 0.3) is 17.5 Å². The Balaban J connectivity index is 1.50. The third-order valence-corrected chi connectivity index (χ3v) is 5.84. The van der Waals surface area contributed by atoms with E-state index in [2.05, 4.69) is 10.9 Å². The number of rotatable bonds is 6. The molecule has 2 N–H and O–H groups in total. The van der Waals surface area contributed by atoms with Gasteiger partial charge in [0.1, 0.15) is 4.32 Å². The van der Waals surface area contributed by atoms with Crippen molar-refractivity contribution in [2.24, 2.45) is 0 Å². The van der Waals surface area contributed by atoms with Crippen molar-refractivity contribution in [2.75, 3.05) is 6.54 Å². The van der Waals surface area contributed by atoms with E-state index >= 15 is 0 Å². The molecule has 0 saturated carbocycles. The van der Waals surface area contributed by atoms with Gasteiger partial charge >= 0.3 is 0 Å². The van der Waals surface area contributed by atoms with Crippen molar-refractivity contribution >= 4 is 57.8 Å². The first-order valence-electron chi connectivity index (χ1n) is 9.40. The Kier molecular flexibility index (Phi) is 7.33. The van der Waals surface area contributed by atoms with Crippen LogP contribution in [0.25, 0.3) is 6.08 Å². The molecule has 0 aliphatic carbocycles. The van der Waals surface area contributed by atoms with Gasteiger partial charge in [-0.05, 0) is 30.7 Å². The highest BCUT2D eigenvalue weighted by Crippen LogP contribution is 2.32. The number of non-ortho nitro benzene ring substituents is 1. The number of hydrazine groups is 1. The summed E-state index contributed by atoms with van der Waals surface area (Å²) in [5.74, 6) is -1.42. The number of carbonyl (C=O) groups excluding carboxylic acids is 3. The molecule has 0 bridgehead atoms. The molecule has 0 atom stereocenters. The van der Waals surface area contributed by atoms with E-state index in [0.29, 0.717) is 9.23 Å². The van der Waals surface area contributed by atoms with Gasteiger partial charge in [-0.1, -0.05) is 53.8 Å². The number of aryl methyl sites for hydroxylation is 1. The van der Waals surface area contributed by atoms with Gasteiger partial charge in [0.05, 0.1) is 9.83 Å². The molecular formula is C21H18N4O5S2. The van der Waals surface area contributed by atoms with Crippen LogP contribution in [0.3, 0.4) is 0 Å². The molecular weight excluding hydrogens is 452 g/mol. The van der Waals surface area contributed by atoms with Gasteiger partial charge in [0.15, 0.2) is 0 Å². The van der Waals surface area contributed by atoms with Gasteiger partial charge in [-0.25, -0.2) is 0 Å². The largest absolute Gasteiger partial charge is 0.292 e. The molecule has 164 valence electrons. The summed E-state index contributed by atoms with van der Waals surface area (Å²) in [6.07, 6.45) is 1.67. The Labute approximate surface area is 193 Å². The van der Waals surface area contributed by atoms with E-state index in [9.17, 15) is 24.5 Å². The number of nitrogens with one attached hydrogen (secondary N) is 2. The maximum absolute atomic E-state index is 12.6. The minimum Gasteiger partial charge on any atom is -0.292 e. The molecule has 2 aromatic carbocycles. The topological polar surface area (TPSA) is 122 Å². The highest BCUT2D eigenvalue weighted by molar-refractivity contribution is 8.26. The van der Waals surface area contributed by atoms with Gasteiger partial charge < -0.3 is 0 Å². The Morgan fingerprint density at radius 2 is 1.78 bits per heavy atom. The zero-order valence-corrected chi connectivity index (χ0v) is 18.5. The van der Waals surface area contributed by atoms with Crippen LogP contribution in [0.4, 0.5) is 5.69 Å². The molecule has 0 spiro atoms. The Morgan fingerprint density at radius 3 is 2.41 bits per heavy atom. The average Bonchev–Trinajstić information content (AvgIpc) is 3.04. The Hall–Kier alpha value is -3.57. The molecule has 9 nitrogen and oxygen atoms in total. The normalized spacial score (nSPS) is 14.5.